The van der Waals surface area contributed by atoms with Crippen LogP contribution >= 0.6 is 0 Å². The van der Waals surface area contributed by atoms with E-state index >= 15 is 0 Å². The van der Waals surface area contributed by atoms with Crippen molar-refractivity contribution >= 4 is 17.4 Å². The van der Waals surface area contributed by atoms with Gasteiger partial charge >= 0.3 is 0 Å². The highest BCUT2D eigenvalue weighted by Crippen LogP contribution is 2.20. The zero-order chi connectivity index (χ0) is 18.0. The second kappa shape index (κ2) is 6.68. The number of carbonyl (C=O) groups is 2. The van der Waals surface area contributed by atoms with Crippen LogP contribution in [0.15, 0.2) is 54.7 Å². The maximum atomic E-state index is 14.0. The van der Waals surface area contributed by atoms with Crippen LogP contribution in [0.25, 0.3) is 5.69 Å². The molecule has 5 nitrogen and oxygen atoms in total. The Hall–Kier alpha value is -3.28. The number of ketones is 1. The molecule has 3 aromatic rings. The lowest BCUT2D eigenvalue weighted by molar-refractivity contribution is 0.101. The summed E-state index contributed by atoms with van der Waals surface area (Å²) in [6.07, 6.45) is 1.38. The average molecular weight is 337 g/mol. The summed E-state index contributed by atoms with van der Waals surface area (Å²) in [6.45, 7) is 3.12. The van der Waals surface area contributed by atoms with Crippen molar-refractivity contribution in [1.29, 1.82) is 0 Å². The summed E-state index contributed by atoms with van der Waals surface area (Å²) >= 11 is 0. The molecule has 0 aliphatic heterocycles. The summed E-state index contributed by atoms with van der Waals surface area (Å²) in [5.74, 6) is -0.981. The van der Waals surface area contributed by atoms with E-state index in [-0.39, 0.29) is 11.5 Å². The van der Waals surface area contributed by atoms with E-state index in [0.29, 0.717) is 22.5 Å². The molecule has 1 N–H and O–H groups in total. The number of halogens is 1. The average Bonchev–Trinajstić information content (AvgIpc) is 2.97. The van der Waals surface area contributed by atoms with E-state index < -0.39 is 11.7 Å². The van der Waals surface area contributed by atoms with Gasteiger partial charge in [0.1, 0.15) is 11.5 Å². The van der Waals surface area contributed by atoms with Gasteiger partial charge < -0.3 is 5.32 Å². The van der Waals surface area contributed by atoms with E-state index in [2.05, 4.69) is 10.4 Å². The maximum Gasteiger partial charge on any atom is 0.259 e. The first kappa shape index (κ1) is 16.6. The van der Waals surface area contributed by atoms with Gasteiger partial charge in [0.15, 0.2) is 5.78 Å². The van der Waals surface area contributed by atoms with Gasteiger partial charge in [0.05, 0.1) is 23.1 Å². The fourth-order valence-corrected chi connectivity index (χ4v) is 2.59. The zero-order valence-electron chi connectivity index (χ0n) is 13.8. The Kier molecular flexibility index (Phi) is 4.43. The van der Waals surface area contributed by atoms with Crippen LogP contribution in [0.4, 0.5) is 10.1 Å². The molecule has 3 rings (SSSR count). The lowest BCUT2D eigenvalue weighted by Gasteiger charge is -2.09. The molecule has 1 heterocycles. The molecule has 0 saturated carbocycles. The van der Waals surface area contributed by atoms with Gasteiger partial charge in [-0.2, -0.15) is 5.10 Å². The number of aromatic nitrogens is 2. The molecule has 25 heavy (non-hydrogen) atoms. The second-order valence-electron chi connectivity index (χ2n) is 5.56. The number of anilines is 1. The summed E-state index contributed by atoms with van der Waals surface area (Å²) < 4.78 is 15.3. The normalized spacial score (nSPS) is 10.5. The SMILES string of the molecule is CC(=O)c1ccccc1NC(=O)c1cnn(-c2ccccc2F)c1C. The highest BCUT2D eigenvalue weighted by atomic mass is 19.1. The van der Waals surface area contributed by atoms with Gasteiger partial charge in [0.25, 0.3) is 5.91 Å². The molecule has 126 valence electrons. The third-order valence-electron chi connectivity index (χ3n) is 3.89. The van der Waals surface area contributed by atoms with Gasteiger partial charge in [-0.1, -0.05) is 24.3 Å². The fraction of sp³-hybridized carbons (Fsp3) is 0.105. The molecule has 0 atom stereocenters. The van der Waals surface area contributed by atoms with Crippen LogP contribution in [-0.2, 0) is 0 Å². The molecule has 6 heteroatoms. The summed E-state index contributed by atoms with van der Waals surface area (Å²) in [7, 11) is 0. The molecule has 1 amide bonds. The lowest BCUT2D eigenvalue weighted by atomic mass is 10.1. The van der Waals surface area contributed by atoms with Gasteiger partial charge in [-0.25, -0.2) is 9.07 Å². The molecule has 0 bridgehead atoms. The Morgan fingerprint density at radius 1 is 1.04 bits per heavy atom. The number of amides is 1. The van der Waals surface area contributed by atoms with Crippen LogP contribution in [0.3, 0.4) is 0 Å². The molecule has 0 aliphatic carbocycles. The van der Waals surface area contributed by atoms with Crippen LogP contribution in [0, 0.1) is 12.7 Å². The predicted molar refractivity (Wildman–Crippen MR) is 92.7 cm³/mol. The summed E-state index contributed by atoms with van der Waals surface area (Å²) in [5.41, 5.74) is 1.93. The molecule has 1 aromatic heterocycles. The van der Waals surface area contributed by atoms with Gasteiger partial charge in [0, 0.05) is 5.56 Å². The topological polar surface area (TPSA) is 64.0 Å². The van der Waals surface area contributed by atoms with Crippen molar-refractivity contribution in [2.24, 2.45) is 0 Å². The van der Waals surface area contributed by atoms with E-state index in [4.69, 9.17) is 0 Å². The number of rotatable bonds is 4. The lowest BCUT2D eigenvalue weighted by Crippen LogP contribution is -2.15. The first-order valence-electron chi connectivity index (χ1n) is 7.70. The molecule has 0 unspecified atom stereocenters. The number of Topliss-reactive ketones (excluding diaryl/α,β-unsaturated/α-hetero) is 1. The minimum absolute atomic E-state index is 0.144. The highest BCUT2D eigenvalue weighted by Gasteiger charge is 2.18. The maximum absolute atomic E-state index is 14.0. The molecule has 0 radical (unpaired) electrons. The molecular weight excluding hydrogens is 321 g/mol. The summed E-state index contributed by atoms with van der Waals surface area (Å²) in [6, 6.07) is 13.0. The number of carbonyl (C=O) groups excluding carboxylic acids is 2. The first-order valence-corrected chi connectivity index (χ1v) is 7.70. The van der Waals surface area contributed by atoms with Crippen LogP contribution in [0.2, 0.25) is 0 Å². The van der Waals surface area contributed by atoms with E-state index in [0.717, 1.165) is 0 Å². The van der Waals surface area contributed by atoms with Crippen molar-refractivity contribution in [3.05, 3.63) is 77.4 Å². The van der Waals surface area contributed by atoms with E-state index in [9.17, 15) is 14.0 Å². The van der Waals surface area contributed by atoms with Crippen molar-refractivity contribution in [1.82, 2.24) is 9.78 Å². The number of hydrogen-bond acceptors (Lipinski definition) is 3. The fourth-order valence-electron chi connectivity index (χ4n) is 2.59. The van der Waals surface area contributed by atoms with Gasteiger partial charge in [-0.15, -0.1) is 0 Å². The van der Waals surface area contributed by atoms with E-state index in [1.165, 1.54) is 23.9 Å². The molecule has 2 aromatic carbocycles. The molecule has 0 saturated heterocycles. The number of nitrogens with one attached hydrogen (secondary N) is 1. The Morgan fingerprint density at radius 2 is 1.72 bits per heavy atom. The molecule has 0 spiro atoms. The quantitative estimate of drug-likeness (QED) is 0.737. The Labute approximate surface area is 144 Å². The third-order valence-corrected chi connectivity index (χ3v) is 3.89. The number of benzene rings is 2. The minimum Gasteiger partial charge on any atom is -0.321 e. The predicted octanol–water partition coefficient (Wildman–Crippen LogP) is 3.77. The van der Waals surface area contributed by atoms with Crippen LogP contribution < -0.4 is 5.32 Å². The zero-order valence-corrected chi connectivity index (χ0v) is 13.8. The van der Waals surface area contributed by atoms with Gasteiger partial charge in [-0.3, -0.25) is 9.59 Å². The highest BCUT2D eigenvalue weighted by molar-refractivity contribution is 6.09. The van der Waals surface area contributed by atoms with Crippen LogP contribution in [0.1, 0.15) is 33.3 Å². The number of para-hydroxylation sites is 2. The van der Waals surface area contributed by atoms with Crippen LogP contribution in [-0.4, -0.2) is 21.5 Å². The van der Waals surface area contributed by atoms with Crippen molar-refractivity contribution in [3.63, 3.8) is 0 Å². The molecule has 0 fully saturated rings. The van der Waals surface area contributed by atoms with E-state index in [1.807, 2.05) is 0 Å². The van der Waals surface area contributed by atoms with Crippen molar-refractivity contribution in [2.75, 3.05) is 5.32 Å². The molecular formula is C19H16FN3O2. The van der Waals surface area contributed by atoms with Crippen molar-refractivity contribution in [2.45, 2.75) is 13.8 Å². The Bertz CT molecular complexity index is 963. The van der Waals surface area contributed by atoms with E-state index in [1.54, 1.807) is 49.4 Å². The monoisotopic (exact) mass is 337 g/mol. The second-order valence-corrected chi connectivity index (χ2v) is 5.56. The Balaban J connectivity index is 1.93. The minimum atomic E-state index is -0.428. The van der Waals surface area contributed by atoms with Gasteiger partial charge in [0.2, 0.25) is 0 Å². The standard InChI is InChI=1S/C19H16FN3O2/c1-12-15(11-21-23(12)18-10-6-4-8-16(18)20)19(25)22-17-9-5-3-7-14(17)13(2)24/h3-11H,1-2H3,(H,22,25). The third kappa shape index (κ3) is 3.19. The van der Waals surface area contributed by atoms with Crippen molar-refractivity contribution < 1.29 is 14.0 Å². The smallest absolute Gasteiger partial charge is 0.259 e. The first-order chi connectivity index (χ1) is 12.0. The van der Waals surface area contributed by atoms with Crippen LogP contribution in [0.5, 0.6) is 0 Å². The largest absolute Gasteiger partial charge is 0.321 e. The van der Waals surface area contributed by atoms with Crippen molar-refractivity contribution in [3.8, 4) is 5.69 Å². The van der Waals surface area contributed by atoms with Gasteiger partial charge in [-0.05, 0) is 38.1 Å². The molecule has 0 aliphatic rings. The summed E-state index contributed by atoms with van der Waals surface area (Å²) in [5, 5.41) is 6.84. The number of nitrogens with zero attached hydrogens (tertiary/aromatic N) is 2. The Morgan fingerprint density at radius 3 is 2.44 bits per heavy atom. The number of hydrogen-bond donors (Lipinski definition) is 1. The summed E-state index contributed by atoms with van der Waals surface area (Å²) in [4.78, 5) is 24.2.